The van der Waals surface area contributed by atoms with E-state index in [4.69, 9.17) is 4.74 Å². The highest BCUT2D eigenvalue weighted by molar-refractivity contribution is 5.95. The van der Waals surface area contributed by atoms with E-state index < -0.39 is 5.41 Å². The van der Waals surface area contributed by atoms with Gasteiger partial charge in [-0.05, 0) is 31.2 Å². The lowest BCUT2D eigenvalue weighted by Crippen LogP contribution is -2.49. The molecule has 3 nitrogen and oxygen atoms in total. The number of nitrogens with one attached hydrogen (secondary N) is 1. The van der Waals surface area contributed by atoms with Crippen LogP contribution in [0.2, 0.25) is 0 Å². The molecular formula is C11H12FNO2. The number of amides is 1. The van der Waals surface area contributed by atoms with E-state index in [2.05, 4.69) is 5.32 Å². The number of benzene rings is 1. The number of hydrogen-bond acceptors (Lipinski definition) is 2. The quantitative estimate of drug-likeness (QED) is 0.806. The van der Waals surface area contributed by atoms with E-state index in [0.29, 0.717) is 18.9 Å². The highest BCUT2D eigenvalue weighted by Gasteiger charge is 2.40. The maximum absolute atomic E-state index is 12.6. The van der Waals surface area contributed by atoms with Crippen LogP contribution >= 0.6 is 0 Å². The summed E-state index contributed by atoms with van der Waals surface area (Å²) < 4.78 is 17.6. The molecule has 0 saturated carbocycles. The molecule has 1 N–H and O–H groups in total. The summed E-state index contributed by atoms with van der Waals surface area (Å²) in [6, 6.07) is 5.71. The van der Waals surface area contributed by atoms with Crippen LogP contribution in [-0.4, -0.2) is 19.1 Å². The van der Waals surface area contributed by atoms with E-state index in [1.807, 2.05) is 6.92 Å². The van der Waals surface area contributed by atoms with Crippen LogP contribution in [0.25, 0.3) is 0 Å². The predicted molar refractivity (Wildman–Crippen MR) is 54.0 cm³/mol. The van der Waals surface area contributed by atoms with Crippen LogP contribution in [0, 0.1) is 11.2 Å². The van der Waals surface area contributed by atoms with E-state index in [9.17, 15) is 9.18 Å². The topological polar surface area (TPSA) is 38.3 Å². The number of hydrogen-bond donors (Lipinski definition) is 1. The number of carbonyl (C=O) groups is 1. The normalized spacial score (nSPS) is 18.0. The SMILES string of the molecule is CC1(C(=O)Nc2ccc(F)cc2)COC1. The van der Waals surface area contributed by atoms with Crippen molar-refractivity contribution in [3.63, 3.8) is 0 Å². The Morgan fingerprint density at radius 1 is 1.40 bits per heavy atom. The first-order chi connectivity index (χ1) is 7.10. The van der Waals surface area contributed by atoms with Crippen molar-refractivity contribution in [3.8, 4) is 0 Å². The Hall–Kier alpha value is -1.42. The molecule has 1 saturated heterocycles. The molecule has 80 valence electrons. The second-order valence-corrected chi connectivity index (χ2v) is 4.01. The zero-order valence-electron chi connectivity index (χ0n) is 8.42. The summed E-state index contributed by atoms with van der Waals surface area (Å²) >= 11 is 0. The zero-order valence-corrected chi connectivity index (χ0v) is 8.42. The third kappa shape index (κ3) is 1.99. The molecular weight excluding hydrogens is 197 g/mol. The fourth-order valence-electron chi connectivity index (χ4n) is 1.35. The summed E-state index contributed by atoms with van der Waals surface area (Å²) in [6.45, 7) is 2.73. The Labute approximate surface area is 87.2 Å². The van der Waals surface area contributed by atoms with Crippen molar-refractivity contribution in [1.82, 2.24) is 0 Å². The van der Waals surface area contributed by atoms with Crippen molar-refractivity contribution < 1.29 is 13.9 Å². The molecule has 1 aromatic carbocycles. The molecule has 1 aliphatic heterocycles. The van der Waals surface area contributed by atoms with Crippen molar-refractivity contribution in [2.75, 3.05) is 18.5 Å². The summed E-state index contributed by atoms with van der Waals surface area (Å²) in [5.74, 6) is -0.397. The summed E-state index contributed by atoms with van der Waals surface area (Å²) in [7, 11) is 0. The molecule has 1 aromatic rings. The standard InChI is InChI=1S/C11H12FNO2/c1-11(6-15-7-11)10(14)13-9-4-2-8(12)3-5-9/h2-5H,6-7H2,1H3,(H,13,14). The number of halogens is 1. The van der Waals surface area contributed by atoms with Gasteiger partial charge in [0.25, 0.3) is 0 Å². The average Bonchev–Trinajstić information content (AvgIpc) is 2.18. The van der Waals surface area contributed by atoms with Crippen molar-refractivity contribution in [3.05, 3.63) is 30.1 Å². The molecule has 0 radical (unpaired) electrons. The van der Waals surface area contributed by atoms with Gasteiger partial charge < -0.3 is 10.1 Å². The van der Waals surface area contributed by atoms with Gasteiger partial charge in [0.05, 0.1) is 18.6 Å². The van der Waals surface area contributed by atoms with Crippen molar-refractivity contribution in [2.24, 2.45) is 5.41 Å². The van der Waals surface area contributed by atoms with Gasteiger partial charge in [-0.2, -0.15) is 0 Å². The largest absolute Gasteiger partial charge is 0.379 e. The third-order valence-electron chi connectivity index (χ3n) is 2.49. The summed E-state index contributed by atoms with van der Waals surface area (Å²) in [4.78, 5) is 11.7. The summed E-state index contributed by atoms with van der Waals surface area (Å²) in [5.41, 5.74) is 0.170. The monoisotopic (exact) mass is 209 g/mol. The average molecular weight is 209 g/mol. The number of rotatable bonds is 2. The fraction of sp³-hybridized carbons (Fsp3) is 0.364. The Kier molecular flexibility index (Phi) is 2.44. The van der Waals surface area contributed by atoms with Gasteiger partial charge in [0.2, 0.25) is 5.91 Å². The Morgan fingerprint density at radius 3 is 2.47 bits per heavy atom. The molecule has 15 heavy (non-hydrogen) atoms. The molecule has 1 aliphatic rings. The molecule has 0 aliphatic carbocycles. The van der Waals surface area contributed by atoms with Gasteiger partial charge in [0.15, 0.2) is 0 Å². The predicted octanol–water partition coefficient (Wildman–Crippen LogP) is 1.80. The first-order valence-corrected chi connectivity index (χ1v) is 4.75. The molecule has 0 bridgehead atoms. The van der Waals surface area contributed by atoms with Crippen LogP contribution in [0.15, 0.2) is 24.3 Å². The lowest BCUT2D eigenvalue weighted by Gasteiger charge is -2.36. The minimum Gasteiger partial charge on any atom is -0.379 e. The van der Waals surface area contributed by atoms with Gasteiger partial charge >= 0.3 is 0 Å². The van der Waals surface area contributed by atoms with Crippen molar-refractivity contribution in [2.45, 2.75) is 6.92 Å². The van der Waals surface area contributed by atoms with E-state index in [-0.39, 0.29) is 11.7 Å². The van der Waals surface area contributed by atoms with E-state index in [1.54, 1.807) is 0 Å². The van der Waals surface area contributed by atoms with Crippen LogP contribution in [-0.2, 0) is 9.53 Å². The van der Waals surface area contributed by atoms with Gasteiger partial charge in [-0.15, -0.1) is 0 Å². The van der Waals surface area contributed by atoms with Crippen LogP contribution in [0.4, 0.5) is 10.1 Å². The minimum atomic E-state index is -0.436. The summed E-state index contributed by atoms with van der Waals surface area (Å²) in [6.07, 6.45) is 0. The molecule has 1 heterocycles. The molecule has 0 atom stereocenters. The maximum Gasteiger partial charge on any atom is 0.234 e. The van der Waals surface area contributed by atoms with Crippen LogP contribution in [0.1, 0.15) is 6.92 Å². The van der Waals surface area contributed by atoms with E-state index in [0.717, 1.165) is 0 Å². The number of anilines is 1. The molecule has 4 heteroatoms. The van der Waals surface area contributed by atoms with Crippen LogP contribution in [0.3, 0.4) is 0 Å². The highest BCUT2D eigenvalue weighted by atomic mass is 19.1. The first kappa shape index (κ1) is 10.1. The molecule has 1 fully saturated rings. The van der Waals surface area contributed by atoms with Gasteiger partial charge in [0, 0.05) is 5.69 Å². The van der Waals surface area contributed by atoms with Gasteiger partial charge in [0.1, 0.15) is 5.82 Å². The molecule has 0 aromatic heterocycles. The van der Waals surface area contributed by atoms with Gasteiger partial charge in [-0.25, -0.2) is 4.39 Å². The number of ether oxygens (including phenoxy) is 1. The third-order valence-corrected chi connectivity index (χ3v) is 2.49. The molecule has 0 spiro atoms. The second kappa shape index (κ2) is 3.62. The second-order valence-electron chi connectivity index (χ2n) is 4.01. The van der Waals surface area contributed by atoms with Crippen LogP contribution in [0.5, 0.6) is 0 Å². The fourth-order valence-corrected chi connectivity index (χ4v) is 1.35. The lowest BCUT2D eigenvalue weighted by atomic mass is 9.87. The van der Waals surface area contributed by atoms with Gasteiger partial charge in [-0.1, -0.05) is 0 Å². The van der Waals surface area contributed by atoms with Crippen molar-refractivity contribution in [1.29, 1.82) is 0 Å². The maximum atomic E-state index is 12.6. The Morgan fingerprint density at radius 2 is 2.00 bits per heavy atom. The van der Waals surface area contributed by atoms with Gasteiger partial charge in [-0.3, -0.25) is 4.79 Å². The Balaban J connectivity index is 2.02. The smallest absolute Gasteiger partial charge is 0.234 e. The zero-order chi connectivity index (χ0) is 10.9. The van der Waals surface area contributed by atoms with E-state index in [1.165, 1.54) is 24.3 Å². The minimum absolute atomic E-state index is 0.0830. The van der Waals surface area contributed by atoms with Crippen molar-refractivity contribution >= 4 is 11.6 Å². The molecule has 0 unspecified atom stereocenters. The lowest BCUT2D eigenvalue weighted by molar-refractivity contribution is -0.151. The Bertz CT molecular complexity index is 371. The highest BCUT2D eigenvalue weighted by Crippen LogP contribution is 2.28. The number of carbonyl (C=O) groups excluding carboxylic acids is 1. The summed E-state index contributed by atoms with van der Waals surface area (Å²) in [5, 5.41) is 2.73. The van der Waals surface area contributed by atoms with Crippen LogP contribution < -0.4 is 5.32 Å². The first-order valence-electron chi connectivity index (χ1n) is 4.75. The van der Waals surface area contributed by atoms with E-state index >= 15 is 0 Å². The molecule has 1 amide bonds. The molecule has 2 rings (SSSR count).